The molecule has 1 heterocycles. The number of para-hydroxylation sites is 1. The van der Waals surface area contributed by atoms with Crippen LogP contribution >= 0.6 is 11.8 Å². The Morgan fingerprint density at radius 3 is 2.59 bits per heavy atom. The topological polar surface area (TPSA) is 69.0 Å². The minimum Gasteiger partial charge on any atom is -0.494 e. The van der Waals surface area contributed by atoms with Crippen LogP contribution in [0.2, 0.25) is 0 Å². The third-order valence-electron chi connectivity index (χ3n) is 3.76. The molecule has 140 valence electrons. The quantitative estimate of drug-likeness (QED) is 0.631. The summed E-state index contributed by atoms with van der Waals surface area (Å²) >= 11 is 1.20. The fourth-order valence-electron chi connectivity index (χ4n) is 2.47. The summed E-state index contributed by atoms with van der Waals surface area (Å²) in [6, 6.07) is 13.8. The van der Waals surface area contributed by atoms with Gasteiger partial charge >= 0.3 is 0 Å². The van der Waals surface area contributed by atoms with Gasteiger partial charge in [-0.05, 0) is 43.3 Å². The van der Waals surface area contributed by atoms with Crippen LogP contribution in [0, 0.1) is 5.82 Å². The van der Waals surface area contributed by atoms with E-state index in [-0.39, 0.29) is 11.7 Å². The Labute approximate surface area is 160 Å². The summed E-state index contributed by atoms with van der Waals surface area (Å²) < 4.78 is 21.6. The molecule has 2 aromatic carbocycles. The van der Waals surface area contributed by atoms with E-state index >= 15 is 0 Å². The first-order chi connectivity index (χ1) is 13.1. The van der Waals surface area contributed by atoms with Gasteiger partial charge in [0.05, 0.1) is 18.0 Å². The summed E-state index contributed by atoms with van der Waals surface area (Å²) in [4.78, 5) is 11.6. The Bertz CT molecular complexity index is 928. The Morgan fingerprint density at radius 1 is 1.19 bits per heavy atom. The number of aromatic nitrogens is 3. The Hall–Kier alpha value is -2.87. The van der Waals surface area contributed by atoms with Crippen molar-refractivity contribution in [3.05, 3.63) is 54.3 Å². The number of benzene rings is 2. The molecule has 0 aliphatic carbocycles. The third-order valence-corrected chi connectivity index (χ3v) is 4.69. The second-order valence-electron chi connectivity index (χ2n) is 5.51. The Balaban J connectivity index is 2.04. The number of hydrogen-bond donors (Lipinski definition) is 1. The number of nitrogens with one attached hydrogen (secondary N) is 1. The summed E-state index contributed by atoms with van der Waals surface area (Å²) in [7, 11) is 1.57. The molecule has 0 aliphatic heterocycles. The van der Waals surface area contributed by atoms with E-state index in [1.807, 2.05) is 31.2 Å². The van der Waals surface area contributed by atoms with Gasteiger partial charge < -0.3 is 10.1 Å². The molecule has 3 rings (SSSR count). The van der Waals surface area contributed by atoms with Crippen LogP contribution in [0.25, 0.3) is 17.1 Å². The van der Waals surface area contributed by atoms with Gasteiger partial charge in [-0.25, -0.2) is 4.39 Å². The molecule has 6 nitrogen and oxygen atoms in total. The molecule has 0 spiro atoms. The predicted molar refractivity (Wildman–Crippen MR) is 103 cm³/mol. The van der Waals surface area contributed by atoms with Crippen molar-refractivity contribution in [3.63, 3.8) is 0 Å². The standard InChI is InChI=1S/C19H19FN4O2S/c1-3-26-14-10-8-13(9-11-14)18-22-23-19(27-12-17(25)21-2)24(18)16-7-5-4-6-15(16)20/h4-11H,3,12H2,1-2H3,(H,21,25). The molecule has 0 atom stereocenters. The van der Waals surface area contributed by atoms with E-state index in [9.17, 15) is 9.18 Å². The van der Waals surface area contributed by atoms with Crippen molar-refractivity contribution in [2.24, 2.45) is 0 Å². The maximum Gasteiger partial charge on any atom is 0.230 e. The maximum absolute atomic E-state index is 14.5. The number of rotatable bonds is 7. The molecule has 0 bridgehead atoms. The van der Waals surface area contributed by atoms with Gasteiger partial charge in [0.15, 0.2) is 11.0 Å². The lowest BCUT2D eigenvalue weighted by atomic mass is 10.2. The van der Waals surface area contributed by atoms with Gasteiger partial charge in [0, 0.05) is 12.6 Å². The first-order valence-electron chi connectivity index (χ1n) is 8.41. The van der Waals surface area contributed by atoms with Gasteiger partial charge in [-0.2, -0.15) is 0 Å². The van der Waals surface area contributed by atoms with Gasteiger partial charge in [0.1, 0.15) is 11.6 Å². The number of thioether (sulfide) groups is 1. The lowest BCUT2D eigenvalue weighted by Crippen LogP contribution is -2.20. The van der Waals surface area contributed by atoms with Crippen LogP contribution in [0.15, 0.2) is 53.7 Å². The highest BCUT2D eigenvalue weighted by Crippen LogP contribution is 2.30. The summed E-state index contributed by atoms with van der Waals surface area (Å²) in [6.07, 6.45) is 0. The molecule has 3 aromatic rings. The number of carbonyl (C=O) groups excluding carboxylic acids is 1. The van der Waals surface area contributed by atoms with Crippen LogP contribution in [0.5, 0.6) is 5.75 Å². The molecular formula is C19H19FN4O2S. The number of carbonyl (C=O) groups is 1. The highest BCUT2D eigenvalue weighted by molar-refractivity contribution is 7.99. The first-order valence-corrected chi connectivity index (χ1v) is 9.39. The van der Waals surface area contributed by atoms with Crippen molar-refractivity contribution in [3.8, 4) is 22.8 Å². The molecule has 0 fully saturated rings. The second-order valence-corrected chi connectivity index (χ2v) is 6.45. The van der Waals surface area contributed by atoms with Crippen LogP contribution in [0.1, 0.15) is 6.92 Å². The normalized spacial score (nSPS) is 10.6. The molecule has 0 saturated heterocycles. The van der Waals surface area contributed by atoms with Crippen molar-refractivity contribution >= 4 is 17.7 Å². The molecule has 8 heteroatoms. The Kier molecular flexibility index (Phi) is 6.08. The number of hydrogen-bond acceptors (Lipinski definition) is 5. The van der Waals surface area contributed by atoms with Crippen molar-refractivity contribution in [1.29, 1.82) is 0 Å². The monoisotopic (exact) mass is 386 g/mol. The average Bonchev–Trinajstić information content (AvgIpc) is 3.11. The second kappa shape index (κ2) is 8.68. The van der Waals surface area contributed by atoms with E-state index in [0.717, 1.165) is 11.3 Å². The van der Waals surface area contributed by atoms with E-state index in [2.05, 4.69) is 15.5 Å². The summed E-state index contributed by atoms with van der Waals surface area (Å²) in [5.74, 6) is 0.846. The first kappa shape index (κ1) is 18.9. The average molecular weight is 386 g/mol. The minimum atomic E-state index is -0.397. The molecule has 27 heavy (non-hydrogen) atoms. The molecule has 0 aliphatic rings. The van der Waals surface area contributed by atoms with Gasteiger partial charge in [-0.1, -0.05) is 23.9 Å². The van der Waals surface area contributed by atoms with Crippen LogP contribution < -0.4 is 10.1 Å². The smallest absolute Gasteiger partial charge is 0.230 e. The van der Waals surface area contributed by atoms with Gasteiger partial charge in [0.2, 0.25) is 5.91 Å². The van der Waals surface area contributed by atoms with Gasteiger partial charge in [-0.3, -0.25) is 9.36 Å². The van der Waals surface area contributed by atoms with E-state index in [4.69, 9.17) is 4.74 Å². The summed E-state index contributed by atoms with van der Waals surface area (Å²) in [6.45, 7) is 2.49. The third kappa shape index (κ3) is 4.28. The van der Waals surface area contributed by atoms with E-state index in [1.165, 1.54) is 17.8 Å². The number of nitrogens with zero attached hydrogens (tertiary/aromatic N) is 3. The number of halogens is 1. The fraction of sp³-hybridized carbons (Fsp3) is 0.211. The van der Waals surface area contributed by atoms with Crippen LogP contribution in [-0.2, 0) is 4.79 Å². The minimum absolute atomic E-state index is 0.147. The zero-order valence-electron chi connectivity index (χ0n) is 15.0. The van der Waals surface area contributed by atoms with E-state index < -0.39 is 5.82 Å². The largest absolute Gasteiger partial charge is 0.494 e. The Morgan fingerprint density at radius 2 is 1.93 bits per heavy atom. The van der Waals surface area contributed by atoms with Crippen LogP contribution in [0.3, 0.4) is 0 Å². The van der Waals surface area contributed by atoms with Crippen LogP contribution in [0.4, 0.5) is 4.39 Å². The predicted octanol–water partition coefficient (Wildman–Crippen LogP) is 3.31. The SMILES string of the molecule is CCOc1ccc(-c2nnc(SCC(=O)NC)n2-c2ccccc2F)cc1. The number of amides is 1. The van der Waals surface area contributed by atoms with Crippen LogP contribution in [-0.4, -0.2) is 40.1 Å². The van der Waals surface area contributed by atoms with Crippen molar-refractivity contribution in [2.75, 3.05) is 19.4 Å². The van der Waals surface area contributed by atoms with Crippen molar-refractivity contribution in [1.82, 2.24) is 20.1 Å². The molecule has 1 aromatic heterocycles. The summed E-state index contributed by atoms with van der Waals surface area (Å²) in [5, 5.41) is 11.4. The zero-order valence-corrected chi connectivity index (χ0v) is 15.8. The summed E-state index contributed by atoms with van der Waals surface area (Å²) in [5.41, 5.74) is 1.09. The van der Waals surface area contributed by atoms with E-state index in [0.29, 0.717) is 23.3 Å². The van der Waals surface area contributed by atoms with E-state index in [1.54, 1.807) is 29.8 Å². The molecule has 1 N–H and O–H groups in total. The molecular weight excluding hydrogens is 367 g/mol. The molecule has 1 amide bonds. The lowest BCUT2D eigenvalue weighted by molar-refractivity contribution is -0.118. The van der Waals surface area contributed by atoms with Crippen molar-refractivity contribution in [2.45, 2.75) is 12.1 Å². The highest BCUT2D eigenvalue weighted by Gasteiger charge is 2.19. The number of ether oxygens (including phenoxy) is 1. The highest BCUT2D eigenvalue weighted by atomic mass is 32.2. The zero-order chi connectivity index (χ0) is 19.2. The molecule has 0 saturated carbocycles. The van der Waals surface area contributed by atoms with Gasteiger partial charge in [-0.15, -0.1) is 10.2 Å². The fourth-order valence-corrected chi connectivity index (χ4v) is 3.29. The van der Waals surface area contributed by atoms with Gasteiger partial charge in [0.25, 0.3) is 0 Å². The molecule has 0 unspecified atom stereocenters. The molecule has 0 radical (unpaired) electrons. The van der Waals surface area contributed by atoms with Crippen molar-refractivity contribution < 1.29 is 13.9 Å². The lowest BCUT2D eigenvalue weighted by Gasteiger charge is -2.11. The maximum atomic E-state index is 14.5.